The molecule has 1 unspecified atom stereocenters. The Kier molecular flexibility index (Phi) is 5.08. The van der Waals surface area contributed by atoms with Gasteiger partial charge < -0.3 is 5.32 Å². The van der Waals surface area contributed by atoms with Gasteiger partial charge in [0, 0.05) is 30.6 Å². The van der Waals surface area contributed by atoms with Gasteiger partial charge in [-0.05, 0) is 48.1 Å². The second kappa shape index (κ2) is 7.23. The maximum atomic E-state index is 12.9. The van der Waals surface area contributed by atoms with Crippen molar-refractivity contribution in [3.05, 3.63) is 57.5 Å². The van der Waals surface area contributed by atoms with E-state index in [1.165, 1.54) is 22.6 Å². The minimum absolute atomic E-state index is 0.0170. The number of hydrogen-bond donors (Lipinski definition) is 1. The van der Waals surface area contributed by atoms with Gasteiger partial charge in [-0.2, -0.15) is 0 Å². The molecule has 2 aromatic rings. The lowest BCUT2D eigenvalue weighted by Gasteiger charge is -2.32. The summed E-state index contributed by atoms with van der Waals surface area (Å²) < 4.78 is 12.9. The van der Waals surface area contributed by atoms with E-state index >= 15 is 0 Å². The molecule has 1 aromatic carbocycles. The van der Waals surface area contributed by atoms with Crippen molar-refractivity contribution in [3.8, 4) is 0 Å². The third-order valence-electron chi connectivity index (χ3n) is 4.33. The van der Waals surface area contributed by atoms with Gasteiger partial charge in [0.1, 0.15) is 5.82 Å². The zero-order valence-electron chi connectivity index (χ0n) is 13.2. The van der Waals surface area contributed by atoms with Crippen LogP contribution in [-0.4, -0.2) is 29.9 Å². The van der Waals surface area contributed by atoms with Gasteiger partial charge in [0.05, 0.1) is 6.42 Å². The van der Waals surface area contributed by atoms with E-state index < -0.39 is 0 Å². The molecule has 1 aliphatic rings. The van der Waals surface area contributed by atoms with E-state index in [0.29, 0.717) is 19.0 Å². The quantitative estimate of drug-likeness (QED) is 0.913. The molecular formula is C18H21FN2OS. The van der Waals surface area contributed by atoms with E-state index in [0.717, 1.165) is 25.1 Å². The highest BCUT2D eigenvalue weighted by atomic mass is 32.1. The SMILES string of the molecule is CC(CNC(=O)Cc1ccc(F)cc1)N1CCc2sccc2C1. The monoisotopic (exact) mass is 332 g/mol. The highest BCUT2D eigenvalue weighted by Crippen LogP contribution is 2.24. The third-order valence-corrected chi connectivity index (χ3v) is 5.36. The molecule has 1 aromatic heterocycles. The summed E-state index contributed by atoms with van der Waals surface area (Å²) in [7, 11) is 0. The van der Waals surface area contributed by atoms with Gasteiger partial charge in [-0.3, -0.25) is 9.69 Å². The fourth-order valence-electron chi connectivity index (χ4n) is 2.89. The standard InChI is InChI=1S/C18H21FN2OS/c1-13(21-8-6-17-15(12-21)7-9-23-17)11-20-18(22)10-14-2-4-16(19)5-3-14/h2-5,7,9,13H,6,8,10-12H2,1H3,(H,20,22). The van der Waals surface area contributed by atoms with Crippen molar-refractivity contribution in [2.24, 2.45) is 0 Å². The highest BCUT2D eigenvalue weighted by molar-refractivity contribution is 7.10. The number of thiophene rings is 1. The van der Waals surface area contributed by atoms with Crippen molar-refractivity contribution >= 4 is 17.2 Å². The molecule has 5 heteroatoms. The van der Waals surface area contributed by atoms with Crippen molar-refractivity contribution in [1.29, 1.82) is 0 Å². The van der Waals surface area contributed by atoms with E-state index in [-0.39, 0.29) is 11.7 Å². The Labute approximate surface area is 140 Å². The van der Waals surface area contributed by atoms with Crippen LogP contribution in [0.25, 0.3) is 0 Å². The van der Waals surface area contributed by atoms with Gasteiger partial charge in [0.25, 0.3) is 0 Å². The lowest BCUT2D eigenvalue weighted by atomic mass is 10.1. The van der Waals surface area contributed by atoms with E-state index in [2.05, 4.69) is 28.6 Å². The van der Waals surface area contributed by atoms with Crippen LogP contribution < -0.4 is 5.32 Å². The van der Waals surface area contributed by atoms with Crippen molar-refractivity contribution in [2.75, 3.05) is 13.1 Å². The lowest BCUT2D eigenvalue weighted by Crippen LogP contribution is -2.44. The summed E-state index contributed by atoms with van der Waals surface area (Å²) >= 11 is 1.84. The minimum atomic E-state index is -0.277. The summed E-state index contributed by atoms with van der Waals surface area (Å²) in [5, 5.41) is 5.14. The molecule has 1 aliphatic heterocycles. The first kappa shape index (κ1) is 16.1. The zero-order valence-corrected chi connectivity index (χ0v) is 14.0. The predicted molar refractivity (Wildman–Crippen MR) is 91.0 cm³/mol. The second-order valence-electron chi connectivity index (χ2n) is 6.05. The number of hydrogen-bond acceptors (Lipinski definition) is 3. The average molecular weight is 332 g/mol. The zero-order chi connectivity index (χ0) is 16.2. The Morgan fingerprint density at radius 2 is 2.13 bits per heavy atom. The molecule has 1 atom stereocenters. The Bertz CT molecular complexity index is 668. The molecular weight excluding hydrogens is 311 g/mol. The summed E-state index contributed by atoms with van der Waals surface area (Å²) in [5.74, 6) is -0.294. The molecule has 3 rings (SSSR count). The maximum Gasteiger partial charge on any atom is 0.224 e. The molecule has 0 saturated heterocycles. The van der Waals surface area contributed by atoms with Crippen molar-refractivity contribution in [3.63, 3.8) is 0 Å². The van der Waals surface area contributed by atoms with Gasteiger partial charge in [-0.1, -0.05) is 12.1 Å². The first-order valence-electron chi connectivity index (χ1n) is 7.92. The summed E-state index contributed by atoms with van der Waals surface area (Å²) in [6.45, 7) is 4.80. The summed E-state index contributed by atoms with van der Waals surface area (Å²) in [4.78, 5) is 15.9. The van der Waals surface area contributed by atoms with Crippen LogP contribution in [0, 0.1) is 5.82 Å². The lowest BCUT2D eigenvalue weighted by molar-refractivity contribution is -0.120. The van der Waals surface area contributed by atoms with Crippen LogP contribution in [-0.2, 0) is 24.2 Å². The topological polar surface area (TPSA) is 32.3 Å². The molecule has 0 aliphatic carbocycles. The van der Waals surface area contributed by atoms with Gasteiger partial charge in [-0.15, -0.1) is 11.3 Å². The number of benzene rings is 1. The van der Waals surface area contributed by atoms with Gasteiger partial charge in [-0.25, -0.2) is 4.39 Å². The Balaban J connectivity index is 1.46. The average Bonchev–Trinajstić information content (AvgIpc) is 3.02. The van der Waals surface area contributed by atoms with Crippen LogP contribution in [0.4, 0.5) is 4.39 Å². The molecule has 122 valence electrons. The molecule has 0 spiro atoms. The summed E-state index contributed by atoms with van der Waals surface area (Å²) in [6, 6.07) is 8.59. The Hall–Kier alpha value is -1.72. The number of carbonyl (C=O) groups excluding carboxylic acids is 1. The Morgan fingerprint density at radius 3 is 2.91 bits per heavy atom. The first-order valence-corrected chi connectivity index (χ1v) is 8.80. The van der Waals surface area contributed by atoms with Crippen LogP contribution in [0.1, 0.15) is 22.9 Å². The molecule has 2 heterocycles. The molecule has 0 radical (unpaired) electrons. The van der Waals surface area contributed by atoms with Gasteiger partial charge in [0.15, 0.2) is 0 Å². The maximum absolute atomic E-state index is 12.9. The normalized spacial score (nSPS) is 15.9. The Morgan fingerprint density at radius 1 is 1.35 bits per heavy atom. The fourth-order valence-corrected chi connectivity index (χ4v) is 3.78. The molecule has 0 bridgehead atoms. The van der Waals surface area contributed by atoms with Crippen molar-refractivity contribution < 1.29 is 9.18 Å². The molecule has 23 heavy (non-hydrogen) atoms. The second-order valence-corrected chi connectivity index (χ2v) is 7.05. The minimum Gasteiger partial charge on any atom is -0.354 e. The van der Waals surface area contributed by atoms with Gasteiger partial charge >= 0.3 is 0 Å². The number of amides is 1. The highest BCUT2D eigenvalue weighted by Gasteiger charge is 2.21. The number of nitrogens with zero attached hydrogens (tertiary/aromatic N) is 1. The molecule has 0 saturated carbocycles. The third kappa shape index (κ3) is 4.18. The largest absolute Gasteiger partial charge is 0.354 e. The fraction of sp³-hybridized carbons (Fsp3) is 0.389. The van der Waals surface area contributed by atoms with Crippen LogP contribution in [0.5, 0.6) is 0 Å². The van der Waals surface area contributed by atoms with E-state index in [4.69, 9.17) is 0 Å². The smallest absolute Gasteiger partial charge is 0.224 e. The summed E-state index contributed by atoms with van der Waals surface area (Å²) in [6.07, 6.45) is 1.39. The van der Waals surface area contributed by atoms with Gasteiger partial charge in [0.2, 0.25) is 5.91 Å². The number of rotatable bonds is 5. The first-order chi connectivity index (χ1) is 11.1. The van der Waals surface area contributed by atoms with Crippen LogP contribution in [0.3, 0.4) is 0 Å². The van der Waals surface area contributed by atoms with Crippen LogP contribution in [0.15, 0.2) is 35.7 Å². The van der Waals surface area contributed by atoms with E-state index in [9.17, 15) is 9.18 Å². The predicted octanol–water partition coefficient (Wildman–Crippen LogP) is 2.99. The molecule has 1 N–H and O–H groups in total. The summed E-state index contributed by atoms with van der Waals surface area (Å²) in [5.41, 5.74) is 2.25. The molecule has 3 nitrogen and oxygen atoms in total. The van der Waals surface area contributed by atoms with Crippen molar-refractivity contribution in [1.82, 2.24) is 10.2 Å². The number of fused-ring (bicyclic) bond motifs is 1. The molecule has 1 amide bonds. The van der Waals surface area contributed by atoms with Crippen molar-refractivity contribution in [2.45, 2.75) is 32.4 Å². The van der Waals surface area contributed by atoms with Crippen LogP contribution in [0.2, 0.25) is 0 Å². The van der Waals surface area contributed by atoms with E-state index in [1.807, 2.05) is 11.3 Å². The number of halogens is 1. The van der Waals surface area contributed by atoms with Crippen LogP contribution >= 0.6 is 11.3 Å². The number of nitrogens with one attached hydrogen (secondary N) is 1. The molecule has 0 fully saturated rings. The van der Waals surface area contributed by atoms with E-state index in [1.54, 1.807) is 12.1 Å². The number of carbonyl (C=O) groups is 1.